The predicted molar refractivity (Wildman–Crippen MR) is 85.8 cm³/mol. The molecule has 0 aliphatic rings. The largest absolute Gasteiger partial charge is 0.469 e. The Morgan fingerprint density at radius 3 is 2.64 bits per heavy atom. The van der Waals surface area contributed by atoms with E-state index in [4.69, 9.17) is 28.3 Å². The van der Waals surface area contributed by atoms with E-state index in [0.29, 0.717) is 15.6 Å². The van der Waals surface area contributed by atoms with Crippen LogP contribution in [0.3, 0.4) is 0 Å². The number of rotatable bonds is 7. The number of esters is 1. The summed E-state index contributed by atoms with van der Waals surface area (Å²) in [4.78, 5) is 24.6. The third kappa shape index (κ3) is 6.05. The number of carbonyl (C=O) groups excluding carboxylic acids is 2. The number of nitrogens with zero attached hydrogens (tertiary/aromatic N) is 1. The van der Waals surface area contributed by atoms with Crippen molar-refractivity contribution in [3.8, 4) is 0 Å². The minimum atomic E-state index is -0.416. The molecule has 1 aromatic carbocycles. The van der Waals surface area contributed by atoms with Crippen molar-refractivity contribution in [3.05, 3.63) is 39.9 Å². The fourth-order valence-corrected chi connectivity index (χ4v) is 2.16. The molecule has 0 saturated heterocycles. The van der Waals surface area contributed by atoms with Crippen LogP contribution in [-0.2, 0) is 14.3 Å². The third-order valence-electron chi connectivity index (χ3n) is 2.86. The molecule has 7 heteroatoms. The summed E-state index contributed by atoms with van der Waals surface area (Å²) in [5.41, 5.74) is 0.649. The smallest absolute Gasteiger partial charge is 0.307 e. The molecule has 0 aliphatic heterocycles. The van der Waals surface area contributed by atoms with Crippen molar-refractivity contribution in [2.75, 3.05) is 26.8 Å². The summed E-state index contributed by atoms with van der Waals surface area (Å²) in [5.74, 6) is -0.746. The average molecular weight is 346 g/mol. The minimum absolute atomic E-state index is 0.0672. The monoisotopic (exact) mass is 345 g/mol. The van der Waals surface area contributed by atoms with E-state index in [1.165, 1.54) is 18.1 Å². The highest BCUT2D eigenvalue weighted by Gasteiger charge is 2.12. The van der Waals surface area contributed by atoms with E-state index in [1.54, 1.807) is 24.3 Å². The molecule has 0 bridgehead atoms. The van der Waals surface area contributed by atoms with Gasteiger partial charge in [-0.05, 0) is 23.8 Å². The summed E-state index contributed by atoms with van der Waals surface area (Å²) < 4.78 is 4.53. The van der Waals surface area contributed by atoms with E-state index in [1.807, 2.05) is 0 Å². The highest BCUT2D eigenvalue weighted by atomic mass is 35.5. The molecule has 0 fully saturated rings. The standard InChI is InChI=1S/C15H17Cl2NO4/c1-22-15(21)6-7-18(8-9-19)14(20)5-3-11-2-4-12(16)10-13(11)17/h2-5,10,19H,6-9H2,1H3/b5-3+. The van der Waals surface area contributed by atoms with Crippen molar-refractivity contribution >= 4 is 41.2 Å². The van der Waals surface area contributed by atoms with Crippen molar-refractivity contribution in [2.24, 2.45) is 0 Å². The van der Waals surface area contributed by atoms with Gasteiger partial charge in [-0.25, -0.2) is 0 Å². The van der Waals surface area contributed by atoms with Gasteiger partial charge in [-0.15, -0.1) is 0 Å². The molecule has 1 amide bonds. The SMILES string of the molecule is COC(=O)CCN(CCO)C(=O)/C=C/c1ccc(Cl)cc1Cl. The van der Waals surface area contributed by atoms with E-state index < -0.39 is 5.97 Å². The zero-order valence-electron chi connectivity index (χ0n) is 12.1. The highest BCUT2D eigenvalue weighted by Crippen LogP contribution is 2.22. The normalized spacial score (nSPS) is 10.7. The van der Waals surface area contributed by atoms with Gasteiger partial charge in [-0.2, -0.15) is 0 Å². The summed E-state index contributed by atoms with van der Waals surface area (Å²) in [7, 11) is 1.28. The van der Waals surface area contributed by atoms with Crippen LogP contribution in [0.5, 0.6) is 0 Å². The molecule has 120 valence electrons. The second-order valence-electron chi connectivity index (χ2n) is 4.37. The summed E-state index contributed by atoms with van der Waals surface area (Å²) >= 11 is 11.8. The number of halogens is 2. The lowest BCUT2D eigenvalue weighted by atomic mass is 10.2. The van der Waals surface area contributed by atoms with Crippen LogP contribution in [-0.4, -0.2) is 48.7 Å². The Kier molecular flexibility index (Phi) is 7.95. The number of hydrogen-bond donors (Lipinski definition) is 1. The molecule has 0 spiro atoms. The lowest BCUT2D eigenvalue weighted by molar-refractivity contribution is -0.141. The Labute approximate surface area is 139 Å². The molecular weight excluding hydrogens is 329 g/mol. The van der Waals surface area contributed by atoms with E-state index in [2.05, 4.69) is 4.74 Å². The average Bonchev–Trinajstić information content (AvgIpc) is 2.49. The number of ether oxygens (including phenoxy) is 1. The van der Waals surface area contributed by atoms with Gasteiger partial charge in [-0.1, -0.05) is 29.3 Å². The van der Waals surface area contributed by atoms with E-state index in [0.717, 1.165) is 0 Å². The van der Waals surface area contributed by atoms with E-state index in [-0.39, 0.29) is 32.0 Å². The maximum absolute atomic E-state index is 12.1. The lowest BCUT2D eigenvalue weighted by Gasteiger charge is -2.19. The van der Waals surface area contributed by atoms with Crippen LogP contribution >= 0.6 is 23.2 Å². The Morgan fingerprint density at radius 2 is 2.05 bits per heavy atom. The maximum Gasteiger partial charge on any atom is 0.307 e. The van der Waals surface area contributed by atoms with Gasteiger partial charge in [0.15, 0.2) is 0 Å². The summed E-state index contributed by atoms with van der Waals surface area (Å²) in [5, 5.41) is 9.94. The molecule has 0 radical (unpaired) electrons. The number of aliphatic hydroxyl groups excluding tert-OH is 1. The van der Waals surface area contributed by atoms with Crippen molar-refractivity contribution in [2.45, 2.75) is 6.42 Å². The quantitative estimate of drug-likeness (QED) is 0.608. The van der Waals surface area contributed by atoms with E-state index >= 15 is 0 Å². The molecule has 5 nitrogen and oxygen atoms in total. The first-order valence-corrected chi connectivity index (χ1v) is 7.33. The Hall–Kier alpha value is -1.56. The molecule has 0 saturated carbocycles. The first-order chi connectivity index (χ1) is 10.5. The molecule has 1 N–H and O–H groups in total. The van der Waals surface area contributed by atoms with Crippen LogP contribution in [0.1, 0.15) is 12.0 Å². The molecule has 0 atom stereocenters. The number of methoxy groups -OCH3 is 1. The molecule has 0 heterocycles. The predicted octanol–water partition coefficient (Wildman–Crippen LogP) is 2.39. The highest BCUT2D eigenvalue weighted by molar-refractivity contribution is 6.35. The van der Waals surface area contributed by atoms with Crippen LogP contribution in [0.25, 0.3) is 6.08 Å². The van der Waals surface area contributed by atoms with Gasteiger partial charge in [0.25, 0.3) is 0 Å². The van der Waals surface area contributed by atoms with Gasteiger partial charge >= 0.3 is 5.97 Å². The fourth-order valence-electron chi connectivity index (χ4n) is 1.68. The maximum atomic E-state index is 12.1. The van der Waals surface area contributed by atoms with Crippen LogP contribution in [0.2, 0.25) is 10.0 Å². The van der Waals surface area contributed by atoms with Gasteiger partial charge in [-0.3, -0.25) is 9.59 Å². The first kappa shape index (κ1) is 18.5. The van der Waals surface area contributed by atoms with Gasteiger partial charge in [0, 0.05) is 29.2 Å². The number of hydrogen-bond acceptors (Lipinski definition) is 4. The summed E-state index contributed by atoms with van der Waals surface area (Å²) in [6, 6.07) is 4.94. The van der Waals surface area contributed by atoms with Crippen LogP contribution in [0.4, 0.5) is 0 Å². The Morgan fingerprint density at radius 1 is 1.32 bits per heavy atom. The summed E-state index contributed by atoms with van der Waals surface area (Å²) in [6.45, 7) is 0.113. The third-order valence-corrected chi connectivity index (χ3v) is 3.43. The molecule has 0 aliphatic carbocycles. The molecule has 22 heavy (non-hydrogen) atoms. The van der Waals surface area contributed by atoms with Gasteiger partial charge < -0.3 is 14.7 Å². The second kappa shape index (κ2) is 9.46. The Bertz CT molecular complexity index is 560. The van der Waals surface area contributed by atoms with Crippen molar-refractivity contribution in [1.82, 2.24) is 4.90 Å². The first-order valence-electron chi connectivity index (χ1n) is 6.57. The van der Waals surface area contributed by atoms with Gasteiger partial charge in [0.05, 0.1) is 20.1 Å². The fraction of sp³-hybridized carbons (Fsp3) is 0.333. The van der Waals surface area contributed by atoms with Crippen LogP contribution in [0.15, 0.2) is 24.3 Å². The van der Waals surface area contributed by atoms with Crippen LogP contribution < -0.4 is 0 Å². The number of benzene rings is 1. The molecule has 1 rings (SSSR count). The number of amides is 1. The molecule has 0 unspecified atom stereocenters. The second-order valence-corrected chi connectivity index (χ2v) is 5.22. The molecule has 0 aromatic heterocycles. The Balaban J connectivity index is 2.73. The minimum Gasteiger partial charge on any atom is -0.469 e. The van der Waals surface area contributed by atoms with Crippen molar-refractivity contribution in [1.29, 1.82) is 0 Å². The van der Waals surface area contributed by atoms with Gasteiger partial charge in [0.2, 0.25) is 5.91 Å². The zero-order chi connectivity index (χ0) is 16.5. The van der Waals surface area contributed by atoms with E-state index in [9.17, 15) is 9.59 Å². The summed E-state index contributed by atoms with van der Waals surface area (Å²) in [6.07, 6.45) is 2.96. The topological polar surface area (TPSA) is 66.8 Å². The van der Waals surface area contributed by atoms with Crippen molar-refractivity contribution in [3.63, 3.8) is 0 Å². The molecular formula is C15H17Cl2NO4. The lowest BCUT2D eigenvalue weighted by Crippen LogP contribution is -2.34. The molecule has 1 aromatic rings. The zero-order valence-corrected chi connectivity index (χ0v) is 13.6. The van der Waals surface area contributed by atoms with Crippen molar-refractivity contribution < 1.29 is 19.4 Å². The number of carbonyl (C=O) groups is 2. The van der Waals surface area contributed by atoms with Gasteiger partial charge in [0.1, 0.15) is 0 Å². The van der Waals surface area contributed by atoms with Crippen LogP contribution in [0, 0.1) is 0 Å². The number of aliphatic hydroxyl groups is 1.